The molecule has 1 heterocycles. The number of nitrogens with zero attached hydrogens (tertiary/aromatic N) is 1. The first-order valence-electron chi connectivity index (χ1n) is 8.74. The molecule has 1 aromatic heterocycles. The number of hydrogen-bond donors (Lipinski definition) is 4. The van der Waals surface area contributed by atoms with Crippen molar-refractivity contribution in [1.82, 2.24) is 15.5 Å². The quantitative estimate of drug-likeness (QED) is 0.506. The van der Waals surface area contributed by atoms with Crippen molar-refractivity contribution in [3.63, 3.8) is 0 Å². The Kier molecular flexibility index (Phi) is 5.88. The van der Waals surface area contributed by atoms with Crippen LogP contribution in [0.2, 0.25) is 0 Å². The maximum absolute atomic E-state index is 13.0. The second-order valence-corrected chi connectivity index (χ2v) is 6.30. The number of halogens is 3. The van der Waals surface area contributed by atoms with Crippen molar-refractivity contribution >= 4 is 11.6 Å². The van der Waals surface area contributed by atoms with Gasteiger partial charge in [0, 0.05) is 36.6 Å². The minimum Gasteiger partial charge on any atom is -0.384 e. The van der Waals surface area contributed by atoms with Crippen molar-refractivity contribution in [2.24, 2.45) is 0 Å². The summed E-state index contributed by atoms with van der Waals surface area (Å²) in [5, 5.41) is 22.8. The zero-order valence-corrected chi connectivity index (χ0v) is 15.4. The van der Waals surface area contributed by atoms with Gasteiger partial charge in [-0.2, -0.15) is 18.3 Å². The van der Waals surface area contributed by atoms with Gasteiger partial charge in [0.05, 0.1) is 5.56 Å². The Morgan fingerprint density at radius 1 is 1.21 bits per heavy atom. The van der Waals surface area contributed by atoms with E-state index in [2.05, 4.69) is 20.8 Å². The average Bonchev–Trinajstić information content (AvgIpc) is 3.19. The Morgan fingerprint density at radius 3 is 2.69 bits per heavy atom. The summed E-state index contributed by atoms with van der Waals surface area (Å²) in [6, 6.07) is 11.3. The topological polar surface area (TPSA) is 90.0 Å². The molecule has 3 aromatic rings. The summed E-state index contributed by atoms with van der Waals surface area (Å²) >= 11 is 0. The molecule has 0 bridgehead atoms. The zero-order chi connectivity index (χ0) is 21.0. The van der Waals surface area contributed by atoms with Crippen LogP contribution in [0.25, 0.3) is 0 Å². The predicted molar refractivity (Wildman–Crippen MR) is 101 cm³/mol. The maximum Gasteiger partial charge on any atom is 0.416 e. The number of H-pyrrole nitrogens is 1. The van der Waals surface area contributed by atoms with E-state index in [1.54, 1.807) is 30.5 Å². The number of aliphatic hydroxyl groups excluding tert-OH is 1. The molecule has 1 atom stereocenters. The first-order chi connectivity index (χ1) is 13.8. The summed E-state index contributed by atoms with van der Waals surface area (Å²) in [6.07, 6.45) is -4.18. The number of hydrogen-bond acceptors (Lipinski definition) is 4. The third-order valence-electron chi connectivity index (χ3n) is 4.42. The molecular weight excluding hydrogens is 385 g/mol. The van der Waals surface area contributed by atoms with E-state index in [0.29, 0.717) is 16.8 Å². The van der Waals surface area contributed by atoms with Crippen molar-refractivity contribution in [2.75, 3.05) is 12.4 Å². The molecule has 0 aliphatic rings. The predicted octanol–water partition coefficient (Wildman–Crippen LogP) is 3.48. The highest BCUT2D eigenvalue weighted by molar-refractivity contribution is 5.93. The van der Waals surface area contributed by atoms with Gasteiger partial charge in [0.25, 0.3) is 5.91 Å². The number of rotatable bonds is 6. The summed E-state index contributed by atoms with van der Waals surface area (Å²) < 4.78 is 39.0. The van der Waals surface area contributed by atoms with Crippen LogP contribution in [-0.4, -0.2) is 28.3 Å². The van der Waals surface area contributed by atoms with Crippen LogP contribution >= 0.6 is 0 Å². The average molecular weight is 404 g/mol. The van der Waals surface area contributed by atoms with Gasteiger partial charge in [-0.3, -0.25) is 9.89 Å². The monoisotopic (exact) mass is 404 g/mol. The molecule has 9 heteroatoms. The zero-order valence-electron chi connectivity index (χ0n) is 15.4. The Labute approximate surface area is 164 Å². The number of nitrogens with one attached hydrogen (secondary N) is 3. The second kappa shape index (κ2) is 8.36. The molecule has 2 aromatic carbocycles. The van der Waals surface area contributed by atoms with Gasteiger partial charge in [-0.1, -0.05) is 30.3 Å². The molecule has 3 rings (SSSR count). The smallest absolute Gasteiger partial charge is 0.384 e. The molecule has 29 heavy (non-hydrogen) atoms. The lowest BCUT2D eigenvalue weighted by Crippen LogP contribution is -2.20. The maximum atomic E-state index is 13.0. The third kappa shape index (κ3) is 4.57. The van der Waals surface area contributed by atoms with Crippen molar-refractivity contribution in [3.05, 3.63) is 82.7 Å². The van der Waals surface area contributed by atoms with Gasteiger partial charge in [0.1, 0.15) is 6.10 Å². The molecule has 1 amide bonds. The number of para-hydroxylation sites is 1. The van der Waals surface area contributed by atoms with Gasteiger partial charge in [-0.15, -0.1) is 0 Å². The van der Waals surface area contributed by atoms with Crippen molar-refractivity contribution in [1.29, 1.82) is 0 Å². The van der Waals surface area contributed by atoms with Gasteiger partial charge in [0.2, 0.25) is 0 Å². The van der Waals surface area contributed by atoms with Gasteiger partial charge < -0.3 is 15.7 Å². The van der Waals surface area contributed by atoms with Crippen LogP contribution in [0, 0.1) is 0 Å². The van der Waals surface area contributed by atoms with Gasteiger partial charge in [-0.25, -0.2) is 0 Å². The van der Waals surface area contributed by atoms with Crippen LogP contribution in [0.1, 0.15) is 38.8 Å². The van der Waals surface area contributed by atoms with Crippen LogP contribution in [0.15, 0.2) is 54.7 Å². The van der Waals surface area contributed by atoms with E-state index in [4.69, 9.17) is 0 Å². The van der Waals surface area contributed by atoms with E-state index in [-0.39, 0.29) is 23.7 Å². The molecule has 0 saturated carbocycles. The molecule has 0 radical (unpaired) electrons. The summed E-state index contributed by atoms with van der Waals surface area (Å²) in [7, 11) is 1.49. The summed E-state index contributed by atoms with van der Waals surface area (Å²) in [4.78, 5) is 11.8. The molecule has 4 N–H and O–H groups in total. The fraction of sp³-hybridized carbons (Fsp3) is 0.200. The van der Waals surface area contributed by atoms with Gasteiger partial charge in [-0.05, 0) is 23.8 Å². The number of amides is 1. The van der Waals surface area contributed by atoms with E-state index in [1.165, 1.54) is 19.2 Å². The Balaban J connectivity index is 1.84. The van der Waals surface area contributed by atoms with Crippen molar-refractivity contribution < 1.29 is 23.1 Å². The Morgan fingerprint density at radius 2 is 1.97 bits per heavy atom. The number of aliphatic hydroxyl groups is 1. The molecule has 6 nitrogen and oxygen atoms in total. The molecule has 0 aliphatic heterocycles. The first-order valence-corrected chi connectivity index (χ1v) is 8.74. The number of alkyl halides is 3. The minimum absolute atomic E-state index is 0.128. The van der Waals surface area contributed by atoms with Crippen LogP contribution in [-0.2, 0) is 12.7 Å². The largest absolute Gasteiger partial charge is 0.416 e. The number of carbonyl (C=O) groups is 1. The van der Waals surface area contributed by atoms with Gasteiger partial charge >= 0.3 is 6.18 Å². The van der Waals surface area contributed by atoms with Crippen molar-refractivity contribution in [3.8, 4) is 0 Å². The number of anilines is 1. The van der Waals surface area contributed by atoms with E-state index < -0.39 is 17.8 Å². The molecule has 0 aliphatic carbocycles. The minimum atomic E-state index is -4.50. The number of aromatic nitrogens is 2. The fourth-order valence-corrected chi connectivity index (χ4v) is 2.92. The molecule has 152 valence electrons. The first kappa shape index (κ1) is 20.4. The second-order valence-electron chi connectivity index (χ2n) is 6.30. The lowest BCUT2D eigenvalue weighted by molar-refractivity contribution is -0.137. The van der Waals surface area contributed by atoms with Crippen molar-refractivity contribution in [2.45, 2.75) is 18.8 Å². The van der Waals surface area contributed by atoms with Crippen LogP contribution in [0.3, 0.4) is 0 Å². The number of carbonyl (C=O) groups excluding carboxylic acids is 1. The van der Waals surface area contributed by atoms with E-state index >= 15 is 0 Å². The van der Waals surface area contributed by atoms with Gasteiger partial charge in [0.15, 0.2) is 5.69 Å². The standard InChI is InChI=1S/C20H19F3N4O2/c1-24-19(29)17-13(11-26-27-17)10-25-16-8-3-2-7-15(16)18(28)12-5-4-6-14(9-12)20(21,22)23/h2-9,11,18,25,28H,10H2,1H3,(H,24,29)(H,26,27). The highest BCUT2D eigenvalue weighted by Crippen LogP contribution is 2.34. The number of benzene rings is 2. The number of aromatic amines is 1. The summed E-state index contributed by atoms with van der Waals surface area (Å²) in [5.41, 5.74) is 1.08. The van der Waals surface area contributed by atoms with Crippen LogP contribution < -0.4 is 10.6 Å². The Hall–Kier alpha value is -3.33. The molecular formula is C20H19F3N4O2. The summed E-state index contributed by atoms with van der Waals surface area (Å²) in [6.45, 7) is 0.228. The van der Waals surface area contributed by atoms with E-state index in [1.807, 2.05) is 0 Å². The molecule has 1 unspecified atom stereocenters. The molecule has 0 spiro atoms. The Bertz CT molecular complexity index is 1000. The SMILES string of the molecule is CNC(=O)c1n[nH]cc1CNc1ccccc1C(O)c1cccc(C(F)(F)F)c1. The lowest BCUT2D eigenvalue weighted by Gasteiger charge is -2.18. The normalized spacial score (nSPS) is 12.4. The van der Waals surface area contributed by atoms with Crippen LogP contribution in [0.5, 0.6) is 0 Å². The third-order valence-corrected chi connectivity index (χ3v) is 4.42. The highest BCUT2D eigenvalue weighted by atomic mass is 19.4. The molecule has 0 fully saturated rings. The van der Waals surface area contributed by atoms with E-state index in [0.717, 1.165) is 12.1 Å². The van der Waals surface area contributed by atoms with E-state index in [9.17, 15) is 23.1 Å². The summed E-state index contributed by atoms with van der Waals surface area (Å²) in [5.74, 6) is -0.347. The highest BCUT2D eigenvalue weighted by Gasteiger charge is 2.31. The molecule has 0 saturated heterocycles. The van der Waals surface area contributed by atoms with Crippen LogP contribution in [0.4, 0.5) is 18.9 Å². The fourth-order valence-electron chi connectivity index (χ4n) is 2.92. The lowest BCUT2D eigenvalue weighted by atomic mass is 9.98.